The van der Waals surface area contributed by atoms with Gasteiger partial charge in [-0.3, -0.25) is 9.69 Å². The summed E-state index contributed by atoms with van der Waals surface area (Å²) in [5, 5.41) is 0. The van der Waals surface area contributed by atoms with Gasteiger partial charge in [-0.15, -0.1) is 0 Å². The molecule has 0 N–H and O–H groups in total. The number of anilines is 1. The van der Waals surface area contributed by atoms with Crippen LogP contribution >= 0.6 is 0 Å². The number of piperazine rings is 1. The smallest absolute Gasteiger partial charge is 0.254 e. The summed E-state index contributed by atoms with van der Waals surface area (Å²) in [5.41, 5.74) is 2.30. The van der Waals surface area contributed by atoms with Crippen LogP contribution in [0.3, 0.4) is 0 Å². The van der Waals surface area contributed by atoms with Gasteiger partial charge in [0.15, 0.2) is 11.5 Å². The molecule has 2 saturated heterocycles. The highest BCUT2D eigenvalue weighted by atomic mass is 16.3. The summed E-state index contributed by atoms with van der Waals surface area (Å²) in [6, 6.07) is 12.2. The molecule has 0 radical (unpaired) electrons. The van der Waals surface area contributed by atoms with Crippen molar-refractivity contribution in [2.45, 2.75) is 44.1 Å². The Balaban J connectivity index is 1.05. The summed E-state index contributed by atoms with van der Waals surface area (Å²) in [5.74, 6) is 2.43. The van der Waals surface area contributed by atoms with Crippen molar-refractivity contribution in [3.63, 3.8) is 0 Å². The lowest BCUT2D eigenvalue weighted by Gasteiger charge is -2.48. The van der Waals surface area contributed by atoms with Crippen molar-refractivity contribution < 1.29 is 9.21 Å². The van der Waals surface area contributed by atoms with Gasteiger partial charge in [-0.25, -0.2) is 9.97 Å². The number of carbonyl (C=O) groups excluding carboxylic acids is 1. The number of pyridine rings is 1. The van der Waals surface area contributed by atoms with Crippen molar-refractivity contribution in [3.8, 4) is 0 Å². The highest BCUT2D eigenvalue weighted by molar-refractivity contribution is 5.97. The molecule has 0 atom stereocenters. The van der Waals surface area contributed by atoms with Gasteiger partial charge in [0, 0.05) is 63.0 Å². The highest BCUT2D eigenvalue weighted by Crippen LogP contribution is 2.34. The summed E-state index contributed by atoms with van der Waals surface area (Å²) in [4.78, 5) is 29.1. The van der Waals surface area contributed by atoms with Crippen molar-refractivity contribution in [2.75, 3.05) is 44.2 Å². The molecule has 0 unspecified atom stereocenters. The van der Waals surface area contributed by atoms with Gasteiger partial charge in [0.25, 0.3) is 5.91 Å². The van der Waals surface area contributed by atoms with Crippen LogP contribution < -0.4 is 4.90 Å². The molecule has 6 rings (SSSR count). The molecule has 0 spiro atoms. The predicted molar refractivity (Wildman–Crippen MR) is 128 cm³/mol. The summed E-state index contributed by atoms with van der Waals surface area (Å²) in [7, 11) is 0. The lowest BCUT2D eigenvalue weighted by atomic mass is 9.89. The summed E-state index contributed by atoms with van der Waals surface area (Å²) >= 11 is 0. The maximum absolute atomic E-state index is 13.1. The number of likely N-dealkylation sites (tertiary alicyclic amines) is 1. The number of hydrogen-bond acceptors (Lipinski definition) is 6. The highest BCUT2D eigenvalue weighted by Gasteiger charge is 2.36. The number of amides is 1. The van der Waals surface area contributed by atoms with Crippen molar-refractivity contribution in [2.24, 2.45) is 0 Å². The van der Waals surface area contributed by atoms with Gasteiger partial charge in [-0.1, -0.05) is 25.3 Å². The zero-order valence-electron chi connectivity index (χ0n) is 19.0. The molecular formula is C26H31N5O2. The first kappa shape index (κ1) is 20.7. The van der Waals surface area contributed by atoms with E-state index in [-0.39, 0.29) is 5.91 Å². The minimum Gasteiger partial charge on any atom is -0.440 e. The maximum atomic E-state index is 13.1. The number of hydrogen-bond donors (Lipinski definition) is 0. The number of rotatable bonds is 4. The molecule has 4 heterocycles. The zero-order chi connectivity index (χ0) is 22.2. The standard InChI is InChI=1S/C26H31N5O2/c32-26(20-9-10-22-23(16-20)33-25(28-22)19-6-2-1-3-7-19)31-17-21(18-31)29-12-14-30(15-13-29)24-8-4-5-11-27-24/h4-5,8-11,16,19,21H,1-3,6-7,12-15,17-18H2. The maximum Gasteiger partial charge on any atom is 0.254 e. The van der Waals surface area contributed by atoms with Crippen LogP contribution in [0.2, 0.25) is 0 Å². The second-order valence-electron chi connectivity index (χ2n) is 9.64. The van der Waals surface area contributed by atoms with E-state index in [4.69, 9.17) is 9.40 Å². The van der Waals surface area contributed by atoms with E-state index < -0.39 is 0 Å². The summed E-state index contributed by atoms with van der Waals surface area (Å²) < 4.78 is 6.09. The molecule has 2 aromatic heterocycles. The molecule has 1 aromatic carbocycles. The van der Waals surface area contributed by atoms with E-state index in [2.05, 4.69) is 20.9 Å². The molecule has 1 amide bonds. The third-order valence-electron chi connectivity index (χ3n) is 7.56. The Hall–Kier alpha value is -2.93. The van der Waals surface area contributed by atoms with E-state index >= 15 is 0 Å². The van der Waals surface area contributed by atoms with Gasteiger partial charge in [0.2, 0.25) is 0 Å². The number of nitrogens with zero attached hydrogens (tertiary/aromatic N) is 5. The average Bonchev–Trinajstić information content (AvgIpc) is 3.28. The monoisotopic (exact) mass is 445 g/mol. The molecule has 33 heavy (non-hydrogen) atoms. The number of aromatic nitrogens is 2. The van der Waals surface area contributed by atoms with E-state index in [9.17, 15) is 4.79 Å². The zero-order valence-corrected chi connectivity index (χ0v) is 19.0. The van der Waals surface area contributed by atoms with Crippen LogP contribution in [0.15, 0.2) is 47.0 Å². The van der Waals surface area contributed by atoms with Crippen LogP contribution in [-0.2, 0) is 0 Å². The SMILES string of the molecule is O=C(c1ccc2nc(C3CCCCC3)oc2c1)N1CC(N2CCN(c3ccccn3)CC2)C1. The third kappa shape index (κ3) is 4.10. The Morgan fingerprint density at radius 2 is 1.79 bits per heavy atom. The van der Waals surface area contributed by atoms with Gasteiger partial charge in [-0.05, 0) is 43.2 Å². The van der Waals surface area contributed by atoms with Gasteiger partial charge in [-0.2, -0.15) is 0 Å². The number of benzene rings is 1. The van der Waals surface area contributed by atoms with Crippen molar-refractivity contribution >= 4 is 22.8 Å². The van der Waals surface area contributed by atoms with Gasteiger partial charge in [0.1, 0.15) is 11.3 Å². The number of fused-ring (bicyclic) bond motifs is 1. The van der Waals surface area contributed by atoms with Gasteiger partial charge in [0.05, 0.1) is 0 Å². The van der Waals surface area contributed by atoms with E-state index in [1.54, 1.807) is 0 Å². The van der Waals surface area contributed by atoms with Crippen LogP contribution in [0.5, 0.6) is 0 Å². The Morgan fingerprint density at radius 3 is 2.55 bits per heavy atom. The number of oxazole rings is 1. The average molecular weight is 446 g/mol. The molecule has 0 bridgehead atoms. The fourth-order valence-corrected chi connectivity index (χ4v) is 5.49. The van der Waals surface area contributed by atoms with Crippen LogP contribution in [0.4, 0.5) is 5.82 Å². The lowest BCUT2D eigenvalue weighted by Crippen LogP contribution is -2.64. The minimum absolute atomic E-state index is 0.0934. The number of carbonyl (C=O) groups is 1. The molecule has 172 valence electrons. The minimum atomic E-state index is 0.0934. The van der Waals surface area contributed by atoms with Gasteiger partial charge < -0.3 is 14.2 Å². The molecule has 3 aromatic rings. The van der Waals surface area contributed by atoms with E-state index in [0.717, 1.165) is 74.9 Å². The largest absolute Gasteiger partial charge is 0.440 e. The molecule has 1 saturated carbocycles. The molecular weight excluding hydrogens is 414 g/mol. The first-order chi connectivity index (χ1) is 16.2. The van der Waals surface area contributed by atoms with Crippen LogP contribution in [0.1, 0.15) is 54.3 Å². The van der Waals surface area contributed by atoms with Crippen molar-refractivity contribution in [1.82, 2.24) is 19.8 Å². The second-order valence-corrected chi connectivity index (χ2v) is 9.64. The quantitative estimate of drug-likeness (QED) is 0.607. The molecule has 1 aliphatic carbocycles. The van der Waals surface area contributed by atoms with Crippen LogP contribution in [0.25, 0.3) is 11.1 Å². The summed E-state index contributed by atoms with van der Waals surface area (Å²) in [6.45, 7) is 5.57. The fourth-order valence-electron chi connectivity index (χ4n) is 5.49. The third-order valence-corrected chi connectivity index (χ3v) is 7.56. The molecule has 2 aliphatic heterocycles. The fraction of sp³-hybridized carbons (Fsp3) is 0.500. The van der Waals surface area contributed by atoms with E-state index in [1.807, 2.05) is 41.4 Å². The molecule has 7 heteroatoms. The van der Waals surface area contributed by atoms with Crippen LogP contribution in [0, 0.1) is 0 Å². The van der Waals surface area contributed by atoms with E-state index in [0.29, 0.717) is 17.5 Å². The topological polar surface area (TPSA) is 65.7 Å². The van der Waals surface area contributed by atoms with Crippen molar-refractivity contribution in [3.05, 3.63) is 54.0 Å². The van der Waals surface area contributed by atoms with E-state index in [1.165, 1.54) is 19.3 Å². The summed E-state index contributed by atoms with van der Waals surface area (Å²) in [6.07, 6.45) is 7.98. The molecule has 3 aliphatic rings. The Bertz CT molecular complexity index is 1110. The van der Waals surface area contributed by atoms with Gasteiger partial charge >= 0.3 is 0 Å². The second kappa shape index (κ2) is 8.78. The Labute approximate surface area is 194 Å². The van der Waals surface area contributed by atoms with Crippen molar-refractivity contribution in [1.29, 1.82) is 0 Å². The first-order valence-corrected chi connectivity index (χ1v) is 12.3. The lowest BCUT2D eigenvalue weighted by molar-refractivity contribution is 0.0246. The first-order valence-electron chi connectivity index (χ1n) is 12.3. The normalized spacial score (nSPS) is 20.8. The molecule has 3 fully saturated rings. The molecule has 7 nitrogen and oxygen atoms in total. The Morgan fingerprint density at radius 1 is 0.970 bits per heavy atom. The van der Waals surface area contributed by atoms with Crippen LogP contribution in [-0.4, -0.2) is 71.0 Å². The predicted octanol–water partition coefficient (Wildman–Crippen LogP) is 3.92. The Kier molecular flexibility index (Phi) is 5.50.